The minimum absolute atomic E-state index is 0.0634. The van der Waals surface area contributed by atoms with E-state index in [2.05, 4.69) is 5.32 Å². The molecule has 0 unspecified atom stereocenters. The number of urea groups is 1. The van der Waals surface area contributed by atoms with Crippen molar-refractivity contribution >= 4 is 35.5 Å². The Balaban J connectivity index is 1.70. The van der Waals surface area contributed by atoms with Crippen LogP contribution in [0.3, 0.4) is 0 Å². The lowest BCUT2D eigenvalue weighted by molar-refractivity contribution is -0.130. The van der Waals surface area contributed by atoms with Crippen molar-refractivity contribution in [1.29, 1.82) is 0 Å². The number of hydrogen-bond donors (Lipinski definition) is 1. The van der Waals surface area contributed by atoms with Gasteiger partial charge < -0.3 is 8.98 Å². The molecule has 1 N–H and O–H groups in total. The summed E-state index contributed by atoms with van der Waals surface area (Å²) in [7, 11) is 0. The second-order valence-corrected chi connectivity index (χ2v) is 7.36. The first-order valence-electron chi connectivity index (χ1n) is 9.21. The summed E-state index contributed by atoms with van der Waals surface area (Å²) in [5, 5.41) is 2.85. The Bertz CT molecular complexity index is 1170. The number of benzene rings is 1. The van der Waals surface area contributed by atoms with Crippen LogP contribution in [0.4, 0.5) is 4.79 Å². The van der Waals surface area contributed by atoms with Crippen LogP contribution in [0.25, 0.3) is 11.8 Å². The number of carbonyl (C=O) groups is 3. The molecular formula is C22H18ClN3O4. The van der Waals surface area contributed by atoms with Crippen LogP contribution in [0.1, 0.15) is 22.7 Å². The standard InChI is InChI=1S/C22H18ClN3O4/c1-13-10-15(14(2)26(13)17-7-5-16(23)6-8-17)11-19-20(27)24-22(29)25(21(19)28)12-18-4-3-9-30-18/h3-11H,12H2,1-2H3,(H,24,27,29)/b19-11-. The molecule has 3 aromatic rings. The van der Waals surface area contributed by atoms with Gasteiger partial charge in [-0.3, -0.25) is 19.8 Å². The Kier molecular flexibility index (Phi) is 5.05. The van der Waals surface area contributed by atoms with Crippen LogP contribution in [-0.2, 0) is 16.1 Å². The van der Waals surface area contributed by atoms with E-state index in [1.54, 1.807) is 24.3 Å². The van der Waals surface area contributed by atoms with Gasteiger partial charge in [0.2, 0.25) is 0 Å². The van der Waals surface area contributed by atoms with E-state index >= 15 is 0 Å². The van der Waals surface area contributed by atoms with Crippen LogP contribution >= 0.6 is 11.6 Å². The maximum absolute atomic E-state index is 12.9. The highest BCUT2D eigenvalue weighted by Crippen LogP contribution is 2.25. The lowest BCUT2D eigenvalue weighted by atomic mass is 10.1. The summed E-state index contributed by atoms with van der Waals surface area (Å²) in [4.78, 5) is 38.4. The summed E-state index contributed by atoms with van der Waals surface area (Å²) in [5.41, 5.74) is 3.27. The highest BCUT2D eigenvalue weighted by atomic mass is 35.5. The van der Waals surface area contributed by atoms with Gasteiger partial charge in [-0.1, -0.05) is 11.6 Å². The molecule has 1 aliphatic rings. The van der Waals surface area contributed by atoms with Gasteiger partial charge in [-0.25, -0.2) is 4.79 Å². The van der Waals surface area contributed by atoms with Crippen molar-refractivity contribution in [2.24, 2.45) is 0 Å². The fourth-order valence-corrected chi connectivity index (χ4v) is 3.60. The van der Waals surface area contributed by atoms with Crippen molar-refractivity contribution in [3.8, 4) is 5.69 Å². The topological polar surface area (TPSA) is 84.6 Å². The number of furan rings is 1. The molecule has 152 valence electrons. The van der Waals surface area contributed by atoms with Gasteiger partial charge in [-0.2, -0.15) is 0 Å². The van der Waals surface area contributed by atoms with E-state index in [0.717, 1.165) is 22.0 Å². The van der Waals surface area contributed by atoms with Crippen LogP contribution in [0.5, 0.6) is 0 Å². The minimum Gasteiger partial charge on any atom is -0.467 e. The Morgan fingerprint density at radius 3 is 2.50 bits per heavy atom. The molecule has 0 atom stereocenters. The summed E-state index contributed by atoms with van der Waals surface area (Å²) in [6, 6.07) is 11.8. The Labute approximate surface area is 177 Å². The molecule has 1 fully saturated rings. The first-order valence-corrected chi connectivity index (χ1v) is 9.59. The highest BCUT2D eigenvalue weighted by molar-refractivity contribution is 6.31. The molecular weight excluding hydrogens is 406 g/mol. The Morgan fingerprint density at radius 2 is 1.83 bits per heavy atom. The van der Waals surface area contributed by atoms with E-state index in [1.807, 2.05) is 36.6 Å². The molecule has 8 heteroatoms. The first kappa shape index (κ1) is 19.7. The zero-order valence-corrected chi connectivity index (χ0v) is 17.1. The third-order valence-corrected chi connectivity index (χ3v) is 5.19. The van der Waals surface area contributed by atoms with E-state index in [4.69, 9.17) is 16.0 Å². The maximum atomic E-state index is 12.9. The largest absolute Gasteiger partial charge is 0.467 e. The fourth-order valence-electron chi connectivity index (χ4n) is 3.47. The third kappa shape index (κ3) is 3.55. The summed E-state index contributed by atoms with van der Waals surface area (Å²) in [5.74, 6) is -0.957. The predicted octanol–water partition coefficient (Wildman–Crippen LogP) is 4.00. The van der Waals surface area contributed by atoms with Crippen LogP contribution in [0.15, 0.2) is 58.7 Å². The summed E-state index contributed by atoms with van der Waals surface area (Å²) in [6.07, 6.45) is 2.96. The van der Waals surface area contributed by atoms with Crippen LogP contribution in [-0.4, -0.2) is 27.3 Å². The Morgan fingerprint density at radius 1 is 1.10 bits per heavy atom. The van der Waals surface area contributed by atoms with E-state index in [0.29, 0.717) is 16.3 Å². The third-order valence-electron chi connectivity index (χ3n) is 4.93. The molecule has 2 aromatic heterocycles. The monoisotopic (exact) mass is 423 g/mol. The lowest BCUT2D eigenvalue weighted by Crippen LogP contribution is -2.53. The average Bonchev–Trinajstić information content (AvgIpc) is 3.31. The number of amides is 4. The summed E-state index contributed by atoms with van der Waals surface area (Å²) >= 11 is 5.98. The highest BCUT2D eigenvalue weighted by Gasteiger charge is 2.36. The van der Waals surface area contributed by atoms with Crippen molar-refractivity contribution in [2.75, 3.05) is 0 Å². The first-order chi connectivity index (χ1) is 14.3. The molecule has 0 saturated carbocycles. The number of nitrogens with zero attached hydrogens (tertiary/aromatic N) is 2. The molecule has 0 aliphatic carbocycles. The molecule has 30 heavy (non-hydrogen) atoms. The molecule has 1 aromatic carbocycles. The number of barbiturate groups is 1. The second-order valence-electron chi connectivity index (χ2n) is 6.93. The SMILES string of the molecule is Cc1cc(/C=C2/C(=O)NC(=O)N(Cc3ccco3)C2=O)c(C)n1-c1ccc(Cl)cc1. The molecule has 0 spiro atoms. The van der Waals surface area contributed by atoms with Crippen LogP contribution in [0.2, 0.25) is 5.02 Å². The molecule has 0 bridgehead atoms. The van der Waals surface area contributed by atoms with Gasteiger partial charge in [0.05, 0.1) is 12.8 Å². The number of imide groups is 2. The molecule has 1 aliphatic heterocycles. The van der Waals surface area contributed by atoms with Gasteiger partial charge in [0.25, 0.3) is 11.8 Å². The Hall–Kier alpha value is -3.58. The van der Waals surface area contributed by atoms with Crippen molar-refractivity contribution in [3.05, 3.63) is 82.0 Å². The average molecular weight is 424 g/mol. The molecule has 1 saturated heterocycles. The van der Waals surface area contributed by atoms with E-state index in [-0.39, 0.29) is 12.1 Å². The molecule has 0 radical (unpaired) electrons. The lowest BCUT2D eigenvalue weighted by Gasteiger charge is -2.25. The normalized spacial score (nSPS) is 15.8. The van der Waals surface area contributed by atoms with Crippen molar-refractivity contribution in [1.82, 2.24) is 14.8 Å². The number of halogens is 1. The van der Waals surface area contributed by atoms with Crippen molar-refractivity contribution < 1.29 is 18.8 Å². The van der Waals surface area contributed by atoms with E-state index in [1.165, 1.54) is 12.3 Å². The number of aromatic nitrogens is 1. The van der Waals surface area contributed by atoms with Gasteiger partial charge in [-0.05, 0) is 68.0 Å². The zero-order valence-electron chi connectivity index (χ0n) is 16.3. The molecule has 4 amide bonds. The maximum Gasteiger partial charge on any atom is 0.331 e. The smallest absolute Gasteiger partial charge is 0.331 e. The zero-order chi connectivity index (χ0) is 21.4. The van der Waals surface area contributed by atoms with Gasteiger partial charge >= 0.3 is 6.03 Å². The summed E-state index contributed by atoms with van der Waals surface area (Å²) in [6.45, 7) is 3.76. The quantitative estimate of drug-likeness (QED) is 0.507. The fraction of sp³-hybridized carbons (Fsp3) is 0.136. The van der Waals surface area contributed by atoms with Crippen molar-refractivity contribution in [3.63, 3.8) is 0 Å². The number of carbonyl (C=O) groups excluding carboxylic acids is 3. The molecule has 4 rings (SSSR count). The van der Waals surface area contributed by atoms with Crippen molar-refractivity contribution in [2.45, 2.75) is 20.4 Å². The van der Waals surface area contributed by atoms with E-state index in [9.17, 15) is 14.4 Å². The van der Waals surface area contributed by atoms with Gasteiger partial charge in [0, 0.05) is 22.1 Å². The number of nitrogens with one attached hydrogen (secondary N) is 1. The van der Waals surface area contributed by atoms with Crippen LogP contribution < -0.4 is 5.32 Å². The number of aryl methyl sites for hydroxylation is 1. The summed E-state index contributed by atoms with van der Waals surface area (Å²) < 4.78 is 7.22. The number of hydrogen-bond acceptors (Lipinski definition) is 4. The molecule has 7 nitrogen and oxygen atoms in total. The minimum atomic E-state index is -0.773. The molecule has 3 heterocycles. The van der Waals surface area contributed by atoms with E-state index < -0.39 is 17.8 Å². The second kappa shape index (κ2) is 7.68. The van der Waals surface area contributed by atoms with Crippen LogP contribution in [0, 0.1) is 13.8 Å². The van der Waals surface area contributed by atoms with Gasteiger partial charge in [0.15, 0.2) is 0 Å². The number of rotatable bonds is 4. The van der Waals surface area contributed by atoms with Gasteiger partial charge in [-0.15, -0.1) is 0 Å². The predicted molar refractivity (Wildman–Crippen MR) is 111 cm³/mol. The van der Waals surface area contributed by atoms with Gasteiger partial charge in [0.1, 0.15) is 11.3 Å².